The third-order valence-electron chi connectivity index (χ3n) is 7.38. The van der Waals surface area contributed by atoms with Gasteiger partial charge in [-0.3, -0.25) is 4.79 Å². The SMILES string of the molecule is COc1ccc(CCN2CCCC(CN3CCc4cc(OC)c(OC)cc4C(O)C3=O)C2)cc1OC.Cl. The average Bonchev–Trinajstić information content (AvgIpc) is 3.02. The van der Waals surface area contributed by atoms with Crippen molar-refractivity contribution in [1.82, 2.24) is 9.80 Å². The molecule has 37 heavy (non-hydrogen) atoms. The molecule has 2 aromatic carbocycles. The number of nitrogens with zero attached hydrogens (tertiary/aromatic N) is 2. The molecule has 0 radical (unpaired) electrons. The van der Waals surface area contributed by atoms with Crippen LogP contribution in [-0.2, 0) is 17.6 Å². The largest absolute Gasteiger partial charge is 0.493 e. The van der Waals surface area contributed by atoms with Gasteiger partial charge in [0.25, 0.3) is 5.91 Å². The molecule has 1 amide bonds. The molecule has 1 fully saturated rings. The molecule has 4 rings (SSSR count). The number of benzene rings is 2. The fourth-order valence-corrected chi connectivity index (χ4v) is 5.40. The minimum Gasteiger partial charge on any atom is -0.493 e. The van der Waals surface area contributed by atoms with Crippen molar-refractivity contribution >= 4 is 18.3 Å². The van der Waals surface area contributed by atoms with E-state index in [1.54, 1.807) is 34.5 Å². The first-order valence-electron chi connectivity index (χ1n) is 12.6. The predicted octanol–water partition coefficient (Wildman–Crippen LogP) is 3.52. The first-order chi connectivity index (χ1) is 17.5. The van der Waals surface area contributed by atoms with Crippen molar-refractivity contribution in [3.05, 3.63) is 47.0 Å². The normalized spacial score (nSPS) is 19.9. The Hall–Kier alpha value is -2.68. The third-order valence-corrected chi connectivity index (χ3v) is 7.38. The van der Waals surface area contributed by atoms with E-state index in [-0.39, 0.29) is 18.3 Å². The second-order valence-electron chi connectivity index (χ2n) is 9.59. The molecule has 8 nitrogen and oxygen atoms in total. The molecule has 0 saturated carbocycles. The second kappa shape index (κ2) is 13.2. The van der Waals surface area contributed by atoms with Crippen molar-refractivity contribution < 1.29 is 28.8 Å². The van der Waals surface area contributed by atoms with E-state index in [0.717, 1.165) is 56.0 Å². The zero-order valence-electron chi connectivity index (χ0n) is 22.2. The number of aliphatic hydroxyl groups is 1. The van der Waals surface area contributed by atoms with E-state index in [2.05, 4.69) is 11.0 Å². The Labute approximate surface area is 225 Å². The van der Waals surface area contributed by atoms with Gasteiger partial charge in [0, 0.05) is 26.2 Å². The Morgan fingerprint density at radius 2 is 1.59 bits per heavy atom. The number of aliphatic hydroxyl groups excluding tert-OH is 1. The van der Waals surface area contributed by atoms with Crippen molar-refractivity contribution in [2.45, 2.75) is 31.8 Å². The van der Waals surface area contributed by atoms with Crippen LogP contribution >= 0.6 is 12.4 Å². The van der Waals surface area contributed by atoms with Crippen LogP contribution in [0.2, 0.25) is 0 Å². The molecule has 0 aromatic heterocycles. The number of likely N-dealkylation sites (tertiary alicyclic amines) is 1. The van der Waals surface area contributed by atoms with Gasteiger partial charge in [0.05, 0.1) is 28.4 Å². The summed E-state index contributed by atoms with van der Waals surface area (Å²) in [6.07, 6.45) is 2.60. The average molecular weight is 535 g/mol. The van der Waals surface area contributed by atoms with Gasteiger partial charge in [0.15, 0.2) is 29.1 Å². The zero-order chi connectivity index (χ0) is 25.7. The van der Waals surface area contributed by atoms with E-state index in [1.165, 1.54) is 5.56 Å². The summed E-state index contributed by atoms with van der Waals surface area (Å²) in [4.78, 5) is 17.5. The summed E-state index contributed by atoms with van der Waals surface area (Å²) in [5, 5.41) is 10.9. The maximum atomic E-state index is 13.2. The van der Waals surface area contributed by atoms with Crippen molar-refractivity contribution in [2.24, 2.45) is 5.92 Å². The minimum atomic E-state index is -1.19. The lowest BCUT2D eigenvalue weighted by Crippen LogP contribution is -2.44. The molecule has 2 aliphatic heterocycles. The van der Waals surface area contributed by atoms with Crippen LogP contribution in [0.3, 0.4) is 0 Å². The summed E-state index contributed by atoms with van der Waals surface area (Å²) in [5.41, 5.74) is 2.75. The number of methoxy groups -OCH3 is 4. The number of rotatable bonds is 9. The number of halogens is 1. The molecule has 0 aliphatic carbocycles. The van der Waals surface area contributed by atoms with E-state index < -0.39 is 6.10 Å². The van der Waals surface area contributed by atoms with Crippen LogP contribution < -0.4 is 18.9 Å². The number of amides is 1. The Bertz CT molecular complexity index is 1070. The highest BCUT2D eigenvalue weighted by molar-refractivity contribution is 5.85. The molecular weight excluding hydrogens is 496 g/mol. The van der Waals surface area contributed by atoms with Gasteiger partial charge in [0.2, 0.25) is 0 Å². The maximum absolute atomic E-state index is 13.2. The van der Waals surface area contributed by atoms with Crippen LogP contribution in [0.15, 0.2) is 30.3 Å². The van der Waals surface area contributed by atoms with Gasteiger partial charge in [-0.2, -0.15) is 0 Å². The molecule has 1 N–H and O–H groups in total. The summed E-state index contributed by atoms with van der Waals surface area (Å²) < 4.78 is 21.6. The molecule has 0 bridgehead atoms. The number of carbonyl (C=O) groups excluding carboxylic acids is 1. The molecule has 2 aliphatic rings. The van der Waals surface area contributed by atoms with Crippen molar-refractivity contribution in [1.29, 1.82) is 0 Å². The van der Waals surface area contributed by atoms with Gasteiger partial charge in [-0.15, -0.1) is 12.4 Å². The van der Waals surface area contributed by atoms with Gasteiger partial charge in [-0.05, 0) is 79.1 Å². The van der Waals surface area contributed by atoms with Gasteiger partial charge in [-0.1, -0.05) is 6.07 Å². The summed E-state index contributed by atoms with van der Waals surface area (Å²) >= 11 is 0. The van der Waals surface area contributed by atoms with E-state index in [0.29, 0.717) is 42.5 Å². The van der Waals surface area contributed by atoms with Crippen LogP contribution in [0, 0.1) is 5.92 Å². The Kier molecular flexibility index (Phi) is 10.3. The third kappa shape index (κ3) is 6.61. The Morgan fingerprint density at radius 3 is 2.30 bits per heavy atom. The number of ether oxygens (including phenoxy) is 4. The fraction of sp³-hybridized carbons (Fsp3) is 0.536. The summed E-state index contributed by atoms with van der Waals surface area (Å²) in [6, 6.07) is 9.69. The predicted molar refractivity (Wildman–Crippen MR) is 144 cm³/mol. The van der Waals surface area contributed by atoms with Crippen molar-refractivity contribution in [3.63, 3.8) is 0 Å². The lowest BCUT2D eigenvalue weighted by molar-refractivity contribution is -0.141. The van der Waals surface area contributed by atoms with Crippen LogP contribution in [0.25, 0.3) is 0 Å². The molecule has 2 atom stereocenters. The second-order valence-corrected chi connectivity index (χ2v) is 9.59. The highest BCUT2D eigenvalue weighted by atomic mass is 35.5. The number of piperidine rings is 1. The Balaban J connectivity index is 0.00000380. The van der Waals surface area contributed by atoms with Crippen molar-refractivity contribution in [2.75, 3.05) is 61.2 Å². The topological polar surface area (TPSA) is 80.7 Å². The standard InChI is InChI=1S/C28H38N2O6.ClH/c1-33-23-8-7-19(14-24(23)34-2)9-12-29-11-5-6-20(17-29)18-30-13-10-21-15-25(35-3)26(36-4)16-22(21)27(31)28(30)32;/h7-8,14-16,20,27,31H,5-6,9-13,17-18H2,1-4H3;1H. The highest BCUT2D eigenvalue weighted by Gasteiger charge is 2.32. The number of hydrogen-bond donors (Lipinski definition) is 1. The Morgan fingerprint density at radius 1 is 0.919 bits per heavy atom. The molecule has 0 spiro atoms. The first-order valence-corrected chi connectivity index (χ1v) is 12.6. The van der Waals surface area contributed by atoms with E-state index in [9.17, 15) is 9.90 Å². The van der Waals surface area contributed by atoms with Crippen LogP contribution in [-0.4, -0.2) is 82.0 Å². The summed E-state index contributed by atoms with van der Waals surface area (Å²) in [5.74, 6) is 2.77. The van der Waals surface area contributed by atoms with E-state index >= 15 is 0 Å². The lowest BCUT2D eigenvalue weighted by atomic mass is 9.96. The molecule has 2 unspecified atom stereocenters. The first kappa shape index (κ1) is 28.9. The van der Waals surface area contributed by atoms with E-state index in [1.807, 2.05) is 23.1 Å². The molecular formula is C28H39ClN2O6. The molecule has 9 heteroatoms. The number of carbonyl (C=O) groups is 1. The van der Waals surface area contributed by atoms with Crippen molar-refractivity contribution in [3.8, 4) is 23.0 Å². The van der Waals surface area contributed by atoms with Gasteiger partial charge in [-0.25, -0.2) is 0 Å². The smallest absolute Gasteiger partial charge is 0.256 e. The van der Waals surface area contributed by atoms with E-state index in [4.69, 9.17) is 18.9 Å². The molecule has 204 valence electrons. The lowest BCUT2D eigenvalue weighted by Gasteiger charge is -2.35. The van der Waals surface area contributed by atoms with Crippen LogP contribution in [0.5, 0.6) is 23.0 Å². The number of hydrogen-bond acceptors (Lipinski definition) is 7. The maximum Gasteiger partial charge on any atom is 0.256 e. The fourth-order valence-electron chi connectivity index (χ4n) is 5.40. The monoisotopic (exact) mass is 534 g/mol. The molecule has 2 heterocycles. The van der Waals surface area contributed by atoms with Gasteiger partial charge >= 0.3 is 0 Å². The minimum absolute atomic E-state index is 0. The van der Waals surface area contributed by atoms with Gasteiger partial charge < -0.3 is 33.9 Å². The van der Waals surface area contributed by atoms with Gasteiger partial charge in [0.1, 0.15) is 0 Å². The molecule has 1 saturated heterocycles. The molecule has 2 aromatic rings. The number of fused-ring (bicyclic) bond motifs is 1. The zero-order valence-corrected chi connectivity index (χ0v) is 23.0. The van der Waals surface area contributed by atoms with Crippen LogP contribution in [0.1, 0.15) is 35.6 Å². The highest BCUT2D eigenvalue weighted by Crippen LogP contribution is 2.36. The quantitative estimate of drug-likeness (QED) is 0.527. The summed E-state index contributed by atoms with van der Waals surface area (Å²) in [7, 11) is 6.45. The summed E-state index contributed by atoms with van der Waals surface area (Å²) in [6.45, 7) is 4.20. The van der Waals surface area contributed by atoms with Crippen LogP contribution in [0.4, 0.5) is 0 Å².